The third-order valence-electron chi connectivity index (χ3n) is 8.42. The number of esters is 1. The maximum Gasteiger partial charge on any atom is 0.511 e. The number of amides is 1. The van der Waals surface area contributed by atoms with E-state index in [-0.39, 0.29) is 31.1 Å². The highest BCUT2D eigenvalue weighted by atomic mass is 16.8. The highest BCUT2D eigenvalue weighted by Gasteiger charge is 2.51. The van der Waals surface area contributed by atoms with Gasteiger partial charge < -0.3 is 43.8 Å². The highest BCUT2D eigenvalue weighted by molar-refractivity contribution is 5.89. The first-order chi connectivity index (χ1) is 24.4. The second-order valence-corrected chi connectivity index (χ2v) is 12.7. The number of ether oxygens (including phenoxy) is 6. The molecule has 1 unspecified atom stereocenters. The Hall–Kier alpha value is -5.39. The molecule has 17 nitrogen and oxygen atoms in total. The van der Waals surface area contributed by atoms with Crippen LogP contribution in [0.4, 0.5) is 9.59 Å². The first-order valence-electron chi connectivity index (χ1n) is 16.4. The SMILES string of the molecule is CCCc1nc(C(C)(C)O)c(C(=O)OC(C)OC(=O)O[C@H]2CO[C@H]3[C@@H]2OC[C@H]3OC(N)=O)n1Cc1ccc(-c2ccccc2-c2nn[nH]n2)cc1. The summed E-state index contributed by atoms with van der Waals surface area (Å²) in [6.45, 7) is 6.63. The van der Waals surface area contributed by atoms with Crippen LogP contribution in [0.15, 0.2) is 48.5 Å². The molecule has 1 amide bonds. The van der Waals surface area contributed by atoms with Crippen molar-refractivity contribution in [3.63, 3.8) is 0 Å². The molecule has 2 saturated heterocycles. The maximum atomic E-state index is 13.8. The number of aromatic amines is 1. The van der Waals surface area contributed by atoms with Crippen LogP contribution in [-0.2, 0) is 47.0 Å². The molecule has 4 heterocycles. The minimum Gasteiger partial charge on any atom is -0.441 e. The van der Waals surface area contributed by atoms with Crippen molar-refractivity contribution < 1.29 is 47.9 Å². The van der Waals surface area contributed by atoms with Crippen LogP contribution >= 0.6 is 0 Å². The summed E-state index contributed by atoms with van der Waals surface area (Å²) in [5.41, 5.74) is 7.24. The zero-order valence-corrected chi connectivity index (χ0v) is 28.5. The van der Waals surface area contributed by atoms with Crippen molar-refractivity contribution in [2.75, 3.05) is 13.2 Å². The molecule has 2 aromatic carbocycles. The van der Waals surface area contributed by atoms with E-state index in [4.69, 9.17) is 34.2 Å². The van der Waals surface area contributed by atoms with Crippen molar-refractivity contribution in [3.05, 3.63) is 71.3 Å². The van der Waals surface area contributed by atoms with Crippen LogP contribution < -0.4 is 5.73 Å². The van der Waals surface area contributed by atoms with Crippen molar-refractivity contribution in [2.45, 2.75) is 83.4 Å². The predicted octanol–water partition coefficient (Wildman–Crippen LogP) is 3.24. The van der Waals surface area contributed by atoms with Gasteiger partial charge >= 0.3 is 18.2 Å². The number of rotatable bonds is 12. The van der Waals surface area contributed by atoms with E-state index in [1.54, 1.807) is 4.57 Å². The Kier molecular flexibility index (Phi) is 10.3. The number of aryl methyl sites for hydroxylation is 1. The number of hydrogen-bond acceptors (Lipinski definition) is 14. The van der Waals surface area contributed by atoms with Crippen molar-refractivity contribution >= 4 is 18.2 Å². The zero-order valence-electron chi connectivity index (χ0n) is 28.5. The molecule has 0 saturated carbocycles. The fraction of sp³-hybridized carbons (Fsp3) is 0.441. The van der Waals surface area contributed by atoms with Gasteiger partial charge in [-0.05, 0) is 42.2 Å². The number of tetrazole rings is 1. The molecule has 2 aliphatic rings. The van der Waals surface area contributed by atoms with Gasteiger partial charge in [0, 0.05) is 25.5 Å². The molecule has 2 aliphatic heterocycles. The summed E-state index contributed by atoms with van der Waals surface area (Å²) >= 11 is 0. The van der Waals surface area contributed by atoms with E-state index < -0.39 is 54.5 Å². The Bertz CT molecular complexity index is 1860. The number of hydrogen-bond donors (Lipinski definition) is 3. The normalized spacial score (nSPS) is 20.4. The number of aliphatic hydroxyl groups is 1. The smallest absolute Gasteiger partial charge is 0.441 e. The number of primary amides is 1. The quantitative estimate of drug-likeness (QED) is 0.109. The molecule has 4 aromatic rings. The van der Waals surface area contributed by atoms with Crippen LogP contribution in [0.3, 0.4) is 0 Å². The molecular formula is C34H39N7O10. The molecule has 51 heavy (non-hydrogen) atoms. The summed E-state index contributed by atoms with van der Waals surface area (Å²) in [5, 5.41) is 25.5. The number of imidazole rings is 1. The Morgan fingerprint density at radius 1 is 1.02 bits per heavy atom. The molecule has 5 atom stereocenters. The number of aromatic nitrogens is 6. The fourth-order valence-electron chi connectivity index (χ4n) is 6.19. The Morgan fingerprint density at radius 2 is 1.69 bits per heavy atom. The largest absolute Gasteiger partial charge is 0.511 e. The van der Waals surface area contributed by atoms with E-state index in [9.17, 15) is 19.5 Å². The monoisotopic (exact) mass is 705 g/mol. The van der Waals surface area contributed by atoms with Gasteiger partial charge in [0.15, 0.2) is 17.9 Å². The van der Waals surface area contributed by atoms with Crippen LogP contribution in [0.1, 0.15) is 61.7 Å². The zero-order chi connectivity index (χ0) is 36.3. The standard InChI is InChI=1S/C34H39N7O10/c1-5-8-25-36-29(34(3,4)45)26(31(42)48-18(2)49-33(44)51-24-17-47-27-23(50-32(35)43)16-46-28(24)27)41(25)15-19-11-13-20(14-12-19)21-9-6-7-10-22(21)30-37-39-40-38-30/h6-7,9-14,18,23-24,27-28,45H,5,8,15-17H2,1-4H3,(H2,35,43)(H,37,38,39,40)/t18?,23-,24+,27-,28-/m1/s1. The molecular weight excluding hydrogens is 666 g/mol. The molecule has 17 heteroatoms. The van der Waals surface area contributed by atoms with Crippen LogP contribution in [0.5, 0.6) is 0 Å². The molecule has 2 fully saturated rings. The lowest BCUT2D eigenvalue weighted by molar-refractivity contribution is -0.0993. The summed E-state index contributed by atoms with van der Waals surface area (Å²) in [7, 11) is 0. The van der Waals surface area contributed by atoms with E-state index in [0.717, 1.165) is 28.7 Å². The van der Waals surface area contributed by atoms with Gasteiger partial charge in [-0.25, -0.2) is 19.4 Å². The average molecular weight is 706 g/mol. The van der Waals surface area contributed by atoms with Gasteiger partial charge in [0.1, 0.15) is 29.3 Å². The van der Waals surface area contributed by atoms with Crippen molar-refractivity contribution in [2.24, 2.45) is 5.73 Å². The molecule has 270 valence electrons. The van der Waals surface area contributed by atoms with E-state index in [1.807, 2.05) is 55.5 Å². The molecule has 0 spiro atoms. The molecule has 4 N–H and O–H groups in total. The topological polar surface area (TPSA) is 225 Å². The molecule has 2 aromatic heterocycles. The van der Waals surface area contributed by atoms with E-state index in [0.29, 0.717) is 18.1 Å². The number of nitrogens with one attached hydrogen (secondary N) is 1. The summed E-state index contributed by atoms with van der Waals surface area (Å²) in [4.78, 5) is 42.3. The molecule has 0 bridgehead atoms. The Labute approximate surface area is 292 Å². The van der Waals surface area contributed by atoms with Gasteiger partial charge in [0.2, 0.25) is 12.1 Å². The summed E-state index contributed by atoms with van der Waals surface area (Å²) < 4.78 is 34.1. The molecule has 6 rings (SSSR count). The number of nitrogens with zero attached hydrogens (tertiary/aromatic N) is 5. The molecule has 0 aliphatic carbocycles. The third kappa shape index (κ3) is 7.84. The number of benzene rings is 2. The summed E-state index contributed by atoms with van der Waals surface area (Å²) in [6.07, 6.45) is -5.19. The first kappa shape index (κ1) is 35.4. The average Bonchev–Trinajstić information content (AvgIpc) is 3.88. The fourth-order valence-corrected chi connectivity index (χ4v) is 6.19. The first-order valence-corrected chi connectivity index (χ1v) is 16.4. The van der Waals surface area contributed by atoms with E-state index >= 15 is 0 Å². The van der Waals surface area contributed by atoms with Gasteiger partial charge in [0.25, 0.3) is 0 Å². The van der Waals surface area contributed by atoms with Gasteiger partial charge in [-0.2, -0.15) is 5.21 Å². The van der Waals surface area contributed by atoms with Crippen molar-refractivity contribution in [1.29, 1.82) is 0 Å². The van der Waals surface area contributed by atoms with Crippen molar-refractivity contribution in [3.8, 4) is 22.5 Å². The van der Waals surface area contributed by atoms with E-state index in [2.05, 4.69) is 25.6 Å². The predicted molar refractivity (Wildman–Crippen MR) is 176 cm³/mol. The van der Waals surface area contributed by atoms with E-state index in [1.165, 1.54) is 20.8 Å². The minimum atomic E-state index is -1.51. The number of carbonyl (C=O) groups excluding carboxylic acids is 3. The third-order valence-corrected chi connectivity index (χ3v) is 8.42. The molecule has 0 radical (unpaired) electrons. The highest BCUT2D eigenvalue weighted by Crippen LogP contribution is 2.33. The van der Waals surface area contributed by atoms with Crippen LogP contribution in [0, 0.1) is 0 Å². The summed E-state index contributed by atoms with van der Waals surface area (Å²) in [5.74, 6) is 0.190. The minimum absolute atomic E-state index is 0.0215. The Balaban J connectivity index is 1.17. The van der Waals surface area contributed by atoms with Crippen LogP contribution in [0.25, 0.3) is 22.5 Å². The van der Waals surface area contributed by atoms with Gasteiger partial charge in [-0.3, -0.25) is 0 Å². The second kappa shape index (κ2) is 14.8. The summed E-state index contributed by atoms with van der Waals surface area (Å²) in [6, 6.07) is 15.5. The van der Waals surface area contributed by atoms with Gasteiger partial charge in [-0.1, -0.05) is 55.5 Å². The maximum absolute atomic E-state index is 13.8. The van der Waals surface area contributed by atoms with Crippen LogP contribution in [0.2, 0.25) is 0 Å². The number of H-pyrrole nitrogens is 1. The Morgan fingerprint density at radius 3 is 2.29 bits per heavy atom. The van der Waals surface area contributed by atoms with Gasteiger partial charge in [-0.15, -0.1) is 10.2 Å². The lowest BCUT2D eigenvalue weighted by Crippen LogP contribution is -2.37. The second-order valence-electron chi connectivity index (χ2n) is 12.7. The van der Waals surface area contributed by atoms with Gasteiger partial charge in [0.05, 0.1) is 13.2 Å². The van der Waals surface area contributed by atoms with Crippen LogP contribution in [-0.4, -0.2) is 97.4 Å². The number of carbonyl (C=O) groups is 3. The number of nitrogens with two attached hydrogens (primary N) is 1. The van der Waals surface area contributed by atoms with Crippen molar-refractivity contribution in [1.82, 2.24) is 30.2 Å². The lowest BCUT2D eigenvalue weighted by atomic mass is 9.98. The lowest BCUT2D eigenvalue weighted by Gasteiger charge is -2.21. The number of fused-ring (bicyclic) bond motifs is 1.